The molecule has 3 rings (SSSR count). The van der Waals surface area contributed by atoms with Crippen molar-refractivity contribution < 1.29 is 32.6 Å². The second-order valence-electron chi connectivity index (χ2n) is 7.25. The first-order valence-corrected chi connectivity index (χ1v) is 10.2. The number of carbonyl (C=O) groups is 2. The lowest BCUT2D eigenvalue weighted by molar-refractivity contribution is -0.192. The number of aromatic nitrogens is 2. The van der Waals surface area contributed by atoms with E-state index < -0.39 is 12.1 Å². The van der Waals surface area contributed by atoms with Crippen LogP contribution in [0.15, 0.2) is 42.7 Å². The summed E-state index contributed by atoms with van der Waals surface area (Å²) in [5, 5.41) is 10.4. The number of halogens is 3. The van der Waals surface area contributed by atoms with E-state index in [1.54, 1.807) is 17.3 Å². The SMILES string of the molecule is NCc1cncc(NCC2CCN(C(=O)OCc3ccccc3)CC2)n1.O=C(O)C(F)(F)F. The number of carboxylic acids is 1. The minimum Gasteiger partial charge on any atom is -0.475 e. The highest BCUT2D eigenvalue weighted by Crippen LogP contribution is 2.19. The van der Waals surface area contributed by atoms with Crippen LogP contribution >= 0.6 is 0 Å². The number of ether oxygens (including phenoxy) is 1. The Kier molecular flexibility index (Phi) is 9.85. The van der Waals surface area contributed by atoms with E-state index in [4.69, 9.17) is 20.4 Å². The summed E-state index contributed by atoms with van der Waals surface area (Å²) in [6.07, 6.45) is -0.0590. The first-order chi connectivity index (χ1) is 15.7. The molecule has 1 aromatic heterocycles. The molecule has 0 saturated carbocycles. The predicted octanol–water partition coefficient (Wildman–Crippen LogP) is 3.03. The van der Waals surface area contributed by atoms with Gasteiger partial charge in [-0.25, -0.2) is 14.6 Å². The average molecular weight is 469 g/mol. The molecule has 2 heterocycles. The third-order valence-electron chi connectivity index (χ3n) is 4.79. The fourth-order valence-corrected chi connectivity index (χ4v) is 2.97. The molecule has 0 atom stereocenters. The molecule has 1 aromatic carbocycles. The van der Waals surface area contributed by atoms with Gasteiger partial charge in [0.2, 0.25) is 0 Å². The molecule has 1 aliphatic rings. The Morgan fingerprint density at radius 2 is 1.82 bits per heavy atom. The van der Waals surface area contributed by atoms with Gasteiger partial charge in [0.05, 0.1) is 11.9 Å². The molecule has 1 fully saturated rings. The quantitative estimate of drug-likeness (QED) is 0.589. The smallest absolute Gasteiger partial charge is 0.475 e. The summed E-state index contributed by atoms with van der Waals surface area (Å²) in [4.78, 5) is 31.4. The van der Waals surface area contributed by atoms with Crippen LogP contribution in [0.25, 0.3) is 0 Å². The Morgan fingerprint density at radius 1 is 1.18 bits per heavy atom. The van der Waals surface area contributed by atoms with Crippen molar-refractivity contribution in [3.05, 3.63) is 54.0 Å². The van der Waals surface area contributed by atoms with Crippen molar-refractivity contribution in [3.63, 3.8) is 0 Å². The maximum Gasteiger partial charge on any atom is 0.490 e. The minimum atomic E-state index is -5.08. The van der Waals surface area contributed by atoms with Gasteiger partial charge in [0.15, 0.2) is 0 Å². The van der Waals surface area contributed by atoms with Crippen LogP contribution in [-0.2, 0) is 22.7 Å². The van der Waals surface area contributed by atoms with Crippen LogP contribution in [0, 0.1) is 5.92 Å². The van der Waals surface area contributed by atoms with E-state index in [2.05, 4.69) is 15.3 Å². The molecule has 4 N–H and O–H groups in total. The molecular formula is C21H26F3N5O4. The number of aliphatic carboxylic acids is 1. The van der Waals surface area contributed by atoms with Gasteiger partial charge in [-0.1, -0.05) is 30.3 Å². The fourth-order valence-electron chi connectivity index (χ4n) is 2.97. The standard InChI is InChI=1S/C19H25N5O2.C2HF3O2/c20-10-17-12-21-13-18(23-17)22-11-15-6-8-24(9-7-15)19(25)26-14-16-4-2-1-3-5-16;3-2(4,5)1(6)7/h1-5,12-13,15H,6-11,14,20H2,(H,22,23);(H,6,7). The van der Waals surface area contributed by atoms with Crippen molar-refractivity contribution in [1.29, 1.82) is 0 Å². The second kappa shape index (κ2) is 12.6. The molecule has 0 radical (unpaired) electrons. The molecule has 2 aromatic rings. The Morgan fingerprint density at radius 3 is 2.39 bits per heavy atom. The van der Waals surface area contributed by atoms with Gasteiger partial charge in [-0.3, -0.25) is 4.98 Å². The number of amides is 1. The number of hydrogen-bond donors (Lipinski definition) is 3. The van der Waals surface area contributed by atoms with Crippen LogP contribution in [0.3, 0.4) is 0 Å². The molecule has 180 valence electrons. The molecule has 1 aliphatic heterocycles. The van der Waals surface area contributed by atoms with Crippen LogP contribution in [0.4, 0.5) is 23.8 Å². The number of alkyl halides is 3. The van der Waals surface area contributed by atoms with E-state index in [9.17, 15) is 18.0 Å². The third-order valence-corrected chi connectivity index (χ3v) is 4.79. The zero-order valence-electron chi connectivity index (χ0n) is 17.8. The Bertz CT molecular complexity index is 891. The van der Waals surface area contributed by atoms with Gasteiger partial charge in [-0.05, 0) is 24.3 Å². The molecule has 0 bridgehead atoms. The molecule has 0 spiro atoms. The summed E-state index contributed by atoms with van der Waals surface area (Å²) in [7, 11) is 0. The highest BCUT2D eigenvalue weighted by Gasteiger charge is 2.38. The van der Waals surface area contributed by atoms with Crippen LogP contribution in [-0.4, -0.2) is 57.8 Å². The summed E-state index contributed by atoms with van der Waals surface area (Å²) < 4.78 is 37.1. The number of carbonyl (C=O) groups excluding carboxylic acids is 1. The van der Waals surface area contributed by atoms with E-state index >= 15 is 0 Å². The van der Waals surface area contributed by atoms with Crippen molar-refractivity contribution >= 4 is 17.9 Å². The van der Waals surface area contributed by atoms with Gasteiger partial charge in [0, 0.05) is 32.4 Å². The van der Waals surface area contributed by atoms with Crippen molar-refractivity contribution in [1.82, 2.24) is 14.9 Å². The number of carboxylic acid groups (broad SMARTS) is 1. The average Bonchev–Trinajstić information content (AvgIpc) is 2.82. The number of likely N-dealkylation sites (tertiary alicyclic amines) is 1. The number of nitrogens with zero attached hydrogens (tertiary/aromatic N) is 3. The van der Waals surface area contributed by atoms with Gasteiger partial charge in [0.25, 0.3) is 0 Å². The summed E-state index contributed by atoms with van der Waals surface area (Å²) in [5.41, 5.74) is 7.35. The van der Waals surface area contributed by atoms with Crippen molar-refractivity contribution in [2.45, 2.75) is 32.2 Å². The molecule has 0 aliphatic carbocycles. The molecule has 12 heteroatoms. The van der Waals surface area contributed by atoms with Crippen molar-refractivity contribution in [2.24, 2.45) is 11.7 Å². The highest BCUT2D eigenvalue weighted by atomic mass is 19.4. The summed E-state index contributed by atoms with van der Waals surface area (Å²) in [6, 6.07) is 9.73. The van der Waals surface area contributed by atoms with Gasteiger partial charge < -0.3 is 25.8 Å². The number of hydrogen-bond acceptors (Lipinski definition) is 7. The van der Waals surface area contributed by atoms with Crippen LogP contribution in [0.1, 0.15) is 24.1 Å². The number of piperidine rings is 1. The molecule has 1 saturated heterocycles. The maximum absolute atomic E-state index is 12.2. The highest BCUT2D eigenvalue weighted by molar-refractivity contribution is 5.73. The number of nitrogens with one attached hydrogen (secondary N) is 1. The Hall–Kier alpha value is -3.41. The van der Waals surface area contributed by atoms with E-state index in [0.29, 0.717) is 32.2 Å². The van der Waals surface area contributed by atoms with E-state index in [0.717, 1.165) is 36.5 Å². The largest absolute Gasteiger partial charge is 0.490 e. The first kappa shape index (κ1) is 25.8. The molecule has 33 heavy (non-hydrogen) atoms. The van der Waals surface area contributed by atoms with Crippen LogP contribution in [0.5, 0.6) is 0 Å². The third kappa shape index (κ3) is 9.31. The maximum atomic E-state index is 12.2. The number of anilines is 1. The number of nitrogens with two attached hydrogens (primary N) is 1. The van der Waals surface area contributed by atoms with E-state index in [1.807, 2.05) is 30.3 Å². The lowest BCUT2D eigenvalue weighted by Crippen LogP contribution is -2.40. The van der Waals surface area contributed by atoms with Gasteiger partial charge in [0.1, 0.15) is 12.4 Å². The fraction of sp³-hybridized carbons (Fsp3) is 0.429. The summed E-state index contributed by atoms with van der Waals surface area (Å²) in [5.74, 6) is -1.51. The predicted molar refractivity (Wildman–Crippen MR) is 113 cm³/mol. The van der Waals surface area contributed by atoms with Gasteiger partial charge in [-0.2, -0.15) is 13.2 Å². The van der Waals surface area contributed by atoms with Crippen molar-refractivity contribution in [2.75, 3.05) is 25.0 Å². The minimum absolute atomic E-state index is 0.234. The van der Waals surface area contributed by atoms with Crippen LogP contribution < -0.4 is 11.1 Å². The number of benzene rings is 1. The van der Waals surface area contributed by atoms with E-state index in [-0.39, 0.29) is 6.09 Å². The topological polar surface area (TPSA) is 131 Å². The lowest BCUT2D eigenvalue weighted by atomic mass is 9.97. The first-order valence-electron chi connectivity index (χ1n) is 10.2. The van der Waals surface area contributed by atoms with Crippen LogP contribution in [0.2, 0.25) is 0 Å². The van der Waals surface area contributed by atoms with Gasteiger partial charge in [-0.15, -0.1) is 0 Å². The van der Waals surface area contributed by atoms with Gasteiger partial charge >= 0.3 is 18.2 Å². The summed E-state index contributed by atoms with van der Waals surface area (Å²) >= 11 is 0. The zero-order valence-corrected chi connectivity index (χ0v) is 17.8. The Labute approximate surface area is 188 Å². The summed E-state index contributed by atoms with van der Waals surface area (Å²) in [6.45, 7) is 2.95. The zero-order chi connectivity index (χ0) is 24.3. The normalized spacial score (nSPS) is 14.1. The lowest BCUT2D eigenvalue weighted by Gasteiger charge is -2.31. The molecular weight excluding hydrogens is 443 g/mol. The van der Waals surface area contributed by atoms with Crippen molar-refractivity contribution in [3.8, 4) is 0 Å². The number of rotatable bonds is 6. The molecule has 1 amide bonds. The molecule has 0 unspecified atom stereocenters. The monoisotopic (exact) mass is 469 g/mol. The van der Waals surface area contributed by atoms with E-state index in [1.165, 1.54) is 0 Å². The molecule has 9 nitrogen and oxygen atoms in total. The Balaban J connectivity index is 0.000000479. The second-order valence-corrected chi connectivity index (χ2v) is 7.25.